The zero-order valence-corrected chi connectivity index (χ0v) is 12.8. The van der Waals surface area contributed by atoms with Crippen molar-refractivity contribution in [1.82, 2.24) is 0 Å². The molecule has 0 aromatic heterocycles. The third-order valence-electron chi connectivity index (χ3n) is 5.19. The smallest absolute Gasteiger partial charge is 0.0647 e. The van der Waals surface area contributed by atoms with Crippen LogP contribution in [-0.2, 0) is 0 Å². The highest BCUT2D eigenvalue weighted by Crippen LogP contribution is 2.50. The van der Waals surface area contributed by atoms with Crippen LogP contribution in [0.5, 0.6) is 0 Å². The Balaban J connectivity index is 4.92. The molecule has 0 radical (unpaired) electrons. The van der Waals surface area contributed by atoms with Crippen LogP contribution in [0.25, 0.3) is 0 Å². The Hall–Kier alpha value is -0.0400. The van der Waals surface area contributed by atoms with Gasteiger partial charge in [-0.1, -0.05) is 48.5 Å². The summed E-state index contributed by atoms with van der Waals surface area (Å²) >= 11 is 0. The SMILES string of the molecule is CC(C)C(C)CC(C)(C)C(C)(C)C(C)(C)O. The van der Waals surface area contributed by atoms with Crippen LogP contribution in [0.4, 0.5) is 0 Å². The number of rotatable bonds is 5. The maximum atomic E-state index is 10.3. The van der Waals surface area contributed by atoms with E-state index in [0.29, 0.717) is 11.8 Å². The Kier molecular flexibility index (Phi) is 4.67. The molecule has 1 atom stereocenters. The van der Waals surface area contributed by atoms with Crippen LogP contribution in [0, 0.1) is 22.7 Å². The van der Waals surface area contributed by atoms with Crippen LogP contribution >= 0.6 is 0 Å². The number of hydrogen-bond donors (Lipinski definition) is 1. The summed E-state index contributed by atoms with van der Waals surface area (Å²) in [5, 5.41) is 10.3. The monoisotopic (exact) mass is 228 g/mol. The molecule has 0 aliphatic carbocycles. The molecule has 0 aliphatic rings. The van der Waals surface area contributed by atoms with Crippen LogP contribution < -0.4 is 0 Å². The van der Waals surface area contributed by atoms with Crippen molar-refractivity contribution in [2.45, 2.75) is 74.3 Å². The molecule has 0 aromatic rings. The highest BCUT2D eigenvalue weighted by Gasteiger charge is 2.47. The topological polar surface area (TPSA) is 20.2 Å². The lowest BCUT2D eigenvalue weighted by molar-refractivity contribution is -0.109. The third kappa shape index (κ3) is 3.23. The molecule has 0 bridgehead atoms. The van der Waals surface area contributed by atoms with Crippen molar-refractivity contribution in [1.29, 1.82) is 0 Å². The fraction of sp³-hybridized carbons (Fsp3) is 1.00. The molecule has 16 heavy (non-hydrogen) atoms. The van der Waals surface area contributed by atoms with Gasteiger partial charge in [0.15, 0.2) is 0 Å². The molecule has 0 amide bonds. The van der Waals surface area contributed by atoms with Crippen LogP contribution in [0.15, 0.2) is 0 Å². The lowest BCUT2D eigenvalue weighted by Gasteiger charge is -2.50. The van der Waals surface area contributed by atoms with Gasteiger partial charge in [-0.05, 0) is 42.9 Å². The van der Waals surface area contributed by atoms with Crippen molar-refractivity contribution >= 4 is 0 Å². The zero-order valence-electron chi connectivity index (χ0n) is 12.8. The standard InChI is InChI=1S/C15H32O/c1-11(2)12(3)10-13(4,5)14(6,7)15(8,9)16/h11-12,16H,10H2,1-9H3. The number of hydrogen-bond acceptors (Lipinski definition) is 1. The minimum absolute atomic E-state index is 0.0941. The van der Waals surface area contributed by atoms with Crippen LogP contribution in [0.1, 0.15) is 68.7 Å². The van der Waals surface area contributed by atoms with Gasteiger partial charge in [0.1, 0.15) is 0 Å². The van der Waals surface area contributed by atoms with E-state index in [1.165, 1.54) is 0 Å². The molecule has 0 aromatic carbocycles. The molecule has 1 nitrogen and oxygen atoms in total. The summed E-state index contributed by atoms with van der Waals surface area (Å²) in [6.07, 6.45) is 1.15. The van der Waals surface area contributed by atoms with Gasteiger partial charge >= 0.3 is 0 Å². The first-order chi connectivity index (χ1) is 6.83. The Morgan fingerprint density at radius 2 is 1.25 bits per heavy atom. The minimum atomic E-state index is -0.646. The molecule has 0 fully saturated rings. The lowest BCUT2D eigenvalue weighted by atomic mass is 9.57. The third-order valence-corrected chi connectivity index (χ3v) is 5.19. The molecule has 0 saturated heterocycles. The number of aliphatic hydroxyl groups is 1. The molecule has 0 spiro atoms. The highest BCUT2D eigenvalue weighted by atomic mass is 16.3. The maximum absolute atomic E-state index is 10.3. The van der Waals surface area contributed by atoms with Gasteiger partial charge in [0.25, 0.3) is 0 Å². The van der Waals surface area contributed by atoms with Crippen molar-refractivity contribution in [2.75, 3.05) is 0 Å². The van der Waals surface area contributed by atoms with E-state index in [1.54, 1.807) is 0 Å². The first-order valence-electron chi connectivity index (χ1n) is 6.55. The summed E-state index contributed by atoms with van der Waals surface area (Å²) in [6.45, 7) is 19.6. The van der Waals surface area contributed by atoms with Crippen molar-refractivity contribution in [3.05, 3.63) is 0 Å². The van der Waals surface area contributed by atoms with E-state index in [0.717, 1.165) is 6.42 Å². The lowest BCUT2D eigenvalue weighted by Crippen LogP contribution is -2.49. The molecule has 1 unspecified atom stereocenters. The van der Waals surface area contributed by atoms with Gasteiger partial charge in [0.05, 0.1) is 5.60 Å². The van der Waals surface area contributed by atoms with Crippen molar-refractivity contribution in [3.8, 4) is 0 Å². The fourth-order valence-electron chi connectivity index (χ4n) is 2.12. The van der Waals surface area contributed by atoms with Gasteiger partial charge in [-0.25, -0.2) is 0 Å². The molecule has 0 rings (SSSR count). The quantitative estimate of drug-likeness (QED) is 0.735. The molecular formula is C15H32O. The summed E-state index contributed by atoms with van der Waals surface area (Å²) in [5.41, 5.74) is -0.606. The summed E-state index contributed by atoms with van der Waals surface area (Å²) < 4.78 is 0. The molecule has 0 aliphatic heterocycles. The van der Waals surface area contributed by atoms with E-state index in [2.05, 4.69) is 48.5 Å². The van der Waals surface area contributed by atoms with Gasteiger partial charge in [0.2, 0.25) is 0 Å². The van der Waals surface area contributed by atoms with Crippen molar-refractivity contribution in [3.63, 3.8) is 0 Å². The van der Waals surface area contributed by atoms with Gasteiger partial charge in [-0.3, -0.25) is 0 Å². The van der Waals surface area contributed by atoms with E-state index >= 15 is 0 Å². The molecule has 1 heteroatoms. The van der Waals surface area contributed by atoms with E-state index in [1.807, 2.05) is 13.8 Å². The summed E-state index contributed by atoms with van der Waals surface area (Å²) in [5.74, 6) is 1.40. The first-order valence-corrected chi connectivity index (χ1v) is 6.55. The fourth-order valence-corrected chi connectivity index (χ4v) is 2.12. The van der Waals surface area contributed by atoms with Gasteiger partial charge < -0.3 is 5.11 Å². The molecular weight excluding hydrogens is 196 g/mol. The normalized spacial score (nSPS) is 16.7. The van der Waals surface area contributed by atoms with E-state index in [-0.39, 0.29) is 10.8 Å². The summed E-state index contributed by atoms with van der Waals surface area (Å²) in [4.78, 5) is 0. The summed E-state index contributed by atoms with van der Waals surface area (Å²) in [6, 6.07) is 0. The summed E-state index contributed by atoms with van der Waals surface area (Å²) in [7, 11) is 0. The van der Waals surface area contributed by atoms with Gasteiger partial charge in [0, 0.05) is 0 Å². The van der Waals surface area contributed by atoms with E-state index in [4.69, 9.17) is 0 Å². The van der Waals surface area contributed by atoms with E-state index in [9.17, 15) is 5.11 Å². The maximum Gasteiger partial charge on any atom is 0.0647 e. The van der Waals surface area contributed by atoms with Crippen LogP contribution in [0.2, 0.25) is 0 Å². The molecule has 98 valence electrons. The highest BCUT2D eigenvalue weighted by molar-refractivity contribution is 4.97. The average Bonchev–Trinajstić information content (AvgIpc) is 2.00. The Labute approximate surface area is 103 Å². The zero-order chi connectivity index (χ0) is 13.4. The van der Waals surface area contributed by atoms with Crippen molar-refractivity contribution < 1.29 is 5.11 Å². The Bertz CT molecular complexity index is 218. The van der Waals surface area contributed by atoms with Gasteiger partial charge in [-0.15, -0.1) is 0 Å². The Morgan fingerprint density at radius 3 is 1.50 bits per heavy atom. The van der Waals surface area contributed by atoms with Crippen LogP contribution in [-0.4, -0.2) is 10.7 Å². The Morgan fingerprint density at radius 1 is 0.875 bits per heavy atom. The molecule has 0 saturated carbocycles. The largest absolute Gasteiger partial charge is 0.390 e. The predicted molar refractivity (Wildman–Crippen MR) is 72.5 cm³/mol. The van der Waals surface area contributed by atoms with Crippen molar-refractivity contribution in [2.24, 2.45) is 22.7 Å². The predicted octanol–water partition coefficient (Wildman–Crippen LogP) is 4.49. The second kappa shape index (κ2) is 4.68. The second-order valence-corrected chi connectivity index (χ2v) is 7.49. The van der Waals surface area contributed by atoms with E-state index < -0.39 is 5.60 Å². The first kappa shape index (κ1) is 16.0. The minimum Gasteiger partial charge on any atom is -0.390 e. The molecule has 0 heterocycles. The molecule has 1 N–H and O–H groups in total. The van der Waals surface area contributed by atoms with Crippen LogP contribution in [0.3, 0.4) is 0 Å². The van der Waals surface area contributed by atoms with Gasteiger partial charge in [-0.2, -0.15) is 0 Å². The second-order valence-electron chi connectivity index (χ2n) is 7.49. The average molecular weight is 228 g/mol.